The number of carbonyl (C=O) groups excluding carboxylic acids is 2. The first-order valence-corrected chi connectivity index (χ1v) is 6.96. The van der Waals surface area contributed by atoms with Gasteiger partial charge in [-0.25, -0.2) is 0 Å². The summed E-state index contributed by atoms with van der Waals surface area (Å²) in [4.78, 5) is 24.8. The van der Waals surface area contributed by atoms with Gasteiger partial charge in [-0.05, 0) is 46.5 Å². The number of hydrogen-bond donors (Lipinski definition) is 1. The summed E-state index contributed by atoms with van der Waals surface area (Å²) in [6, 6.07) is 0. The minimum Gasteiger partial charge on any atom is -0.313 e. The summed E-state index contributed by atoms with van der Waals surface area (Å²) in [6.45, 7) is 8.48. The first-order chi connectivity index (χ1) is 8.63. The van der Waals surface area contributed by atoms with Crippen LogP contribution in [0.4, 0.5) is 0 Å². The highest BCUT2D eigenvalue weighted by molar-refractivity contribution is 6.01. The number of carbonyl (C=O) groups is 2. The maximum Gasteiger partial charge on any atom is 0.229 e. The maximum atomic E-state index is 11.7. The minimum absolute atomic E-state index is 0.0490. The van der Waals surface area contributed by atoms with Crippen LogP contribution in [0.1, 0.15) is 53.4 Å². The Morgan fingerprint density at radius 1 is 1.05 bits per heavy atom. The number of hydrogen-bond acceptors (Lipinski definition) is 4. The first-order valence-electron chi connectivity index (χ1n) is 6.96. The summed E-state index contributed by atoms with van der Waals surface area (Å²) in [5, 5.41) is 11.7. The number of hydroxylamine groups is 2. The van der Waals surface area contributed by atoms with E-state index in [4.69, 9.17) is 0 Å². The fourth-order valence-corrected chi connectivity index (χ4v) is 3.69. The van der Waals surface area contributed by atoms with Gasteiger partial charge < -0.3 is 5.21 Å². The van der Waals surface area contributed by atoms with Gasteiger partial charge in [-0.2, -0.15) is 5.06 Å². The molecule has 2 aliphatic rings. The largest absolute Gasteiger partial charge is 0.313 e. The Morgan fingerprint density at radius 3 is 1.89 bits per heavy atom. The predicted molar refractivity (Wildman–Crippen MR) is 70.5 cm³/mol. The van der Waals surface area contributed by atoms with E-state index in [0.29, 0.717) is 19.4 Å². The molecule has 2 heterocycles. The average molecular weight is 268 g/mol. The topological polar surface area (TPSA) is 60.9 Å². The van der Waals surface area contributed by atoms with E-state index in [9.17, 15) is 14.8 Å². The lowest BCUT2D eigenvalue weighted by atomic mass is 9.75. The Labute approximate surface area is 114 Å². The summed E-state index contributed by atoms with van der Waals surface area (Å²) < 4.78 is 0. The molecule has 0 saturated carbocycles. The number of likely N-dealkylation sites (tertiary alicyclic amines) is 1. The van der Waals surface area contributed by atoms with E-state index in [2.05, 4.69) is 0 Å². The predicted octanol–water partition coefficient (Wildman–Crippen LogP) is 1.79. The van der Waals surface area contributed by atoms with Crippen LogP contribution in [0.5, 0.6) is 0 Å². The van der Waals surface area contributed by atoms with Crippen molar-refractivity contribution in [1.29, 1.82) is 0 Å². The number of rotatable bonds is 2. The van der Waals surface area contributed by atoms with Crippen molar-refractivity contribution < 1.29 is 14.8 Å². The first kappa shape index (κ1) is 14.5. The highest BCUT2D eigenvalue weighted by Crippen LogP contribution is 2.40. The molecule has 2 rings (SSSR count). The van der Waals surface area contributed by atoms with Crippen molar-refractivity contribution in [1.82, 2.24) is 9.96 Å². The Balaban J connectivity index is 2.10. The number of piperidine rings is 1. The zero-order valence-corrected chi connectivity index (χ0v) is 12.3. The monoisotopic (exact) mass is 268 g/mol. The molecule has 1 N–H and O–H groups in total. The molecule has 0 spiro atoms. The lowest BCUT2D eigenvalue weighted by molar-refractivity contribution is -0.251. The summed E-state index contributed by atoms with van der Waals surface area (Å²) in [6.07, 6.45) is 2.27. The SMILES string of the molecule is CC1(C)CC(CN2C(=O)CCC2=O)CC(C)(C)N1O. The van der Waals surface area contributed by atoms with Crippen molar-refractivity contribution in [2.75, 3.05) is 6.54 Å². The molecule has 0 aromatic carbocycles. The van der Waals surface area contributed by atoms with E-state index >= 15 is 0 Å². The molecule has 2 fully saturated rings. The molecule has 5 nitrogen and oxygen atoms in total. The average Bonchev–Trinajstić information content (AvgIpc) is 2.57. The van der Waals surface area contributed by atoms with Gasteiger partial charge in [-0.1, -0.05) is 0 Å². The molecule has 0 aromatic rings. The van der Waals surface area contributed by atoms with Crippen LogP contribution >= 0.6 is 0 Å². The Bertz CT molecular complexity index is 369. The normalized spacial score (nSPS) is 28.2. The van der Waals surface area contributed by atoms with E-state index < -0.39 is 0 Å². The minimum atomic E-state index is -0.335. The van der Waals surface area contributed by atoms with Crippen LogP contribution in [0.15, 0.2) is 0 Å². The van der Waals surface area contributed by atoms with Crippen molar-refractivity contribution in [3.8, 4) is 0 Å². The van der Waals surface area contributed by atoms with E-state index in [1.54, 1.807) is 0 Å². The third-order valence-electron chi connectivity index (χ3n) is 4.32. The molecular weight excluding hydrogens is 244 g/mol. The van der Waals surface area contributed by atoms with Crippen molar-refractivity contribution in [3.63, 3.8) is 0 Å². The lowest BCUT2D eigenvalue weighted by Crippen LogP contribution is -2.60. The second kappa shape index (κ2) is 4.56. The molecule has 0 aromatic heterocycles. The number of imide groups is 1. The standard InChI is InChI=1S/C14H24N2O3/c1-13(2)7-10(8-14(3,4)16(13)19)9-15-11(17)5-6-12(15)18/h10,19H,5-9H2,1-4H3. The molecule has 5 heteroatoms. The van der Waals surface area contributed by atoms with E-state index in [1.165, 1.54) is 9.96 Å². The molecule has 19 heavy (non-hydrogen) atoms. The molecule has 2 aliphatic heterocycles. The molecule has 0 radical (unpaired) electrons. The van der Waals surface area contributed by atoms with Crippen LogP contribution in [0, 0.1) is 5.92 Å². The smallest absolute Gasteiger partial charge is 0.229 e. The van der Waals surface area contributed by atoms with Crippen LogP contribution in [-0.2, 0) is 9.59 Å². The van der Waals surface area contributed by atoms with Gasteiger partial charge in [0.1, 0.15) is 0 Å². The van der Waals surface area contributed by atoms with Gasteiger partial charge >= 0.3 is 0 Å². The van der Waals surface area contributed by atoms with E-state index in [0.717, 1.165) is 12.8 Å². The van der Waals surface area contributed by atoms with Crippen LogP contribution in [0.3, 0.4) is 0 Å². The van der Waals surface area contributed by atoms with Gasteiger partial charge in [-0.3, -0.25) is 14.5 Å². The Hall–Kier alpha value is -0.940. The second-order valence-electron chi connectivity index (χ2n) is 7.11. The van der Waals surface area contributed by atoms with Crippen molar-refractivity contribution in [2.24, 2.45) is 5.92 Å². The fourth-order valence-electron chi connectivity index (χ4n) is 3.69. The van der Waals surface area contributed by atoms with Crippen LogP contribution < -0.4 is 0 Å². The lowest BCUT2D eigenvalue weighted by Gasteiger charge is -2.51. The Kier molecular flexibility index (Phi) is 3.47. The van der Waals surface area contributed by atoms with Gasteiger partial charge in [0.05, 0.1) is 0 Å². The molecule has 0 aliphatic carbocycles. The zero-order valence-electron chi connectivity index (χ0n) is 12.3. The van der Waals surface area contributed by atoms with Gasteiger partial charge in [0.25, 0.3) is 0 Å². The van der Waals surface area contributed by atoms with Gasteiger partial charge in [0, 0.05) is 30.5 Å². The van der Waals surface area contributed by atoms with Crippen molar-refractivity contribution in [2.45, 2.75) is 64.5 Å². The summed E-state index contributed by atoms with van der Waals surface area (Å²) >= 11 is 0. The molecule has 108 valence electrons. The molecule has 2 saturated heterocycles. The molecule has 0 unspecified atom stereocenters. The Morgan fingerprint density at radius 2 is 1.47 bits per heavy atom. The summed E-state index contributed by atoms with van der Waals surface area (Å²) in [5.41, 5.74) is -0.670. The molecule has 0 bridgehead atoms. The number of amides is 2. The van der Waals surface area contributed by atoms with Crippen LogP contribution in [-0.4, -0.2) is 44.6 Å². The second-order valence-corrected chi connectivity index (χ2v) is 7.11. The van der Waals surface area contributed by atoms with Gasteiger partial charge in [0.15, 0.2) is 0 Å². The number of nitrogens with zero attached hydrogens (tertiary/aromatic N) is 2. The van der Waals surface area contributed by atoms with Gasteiger partial charge in [0.2, 0.25) is 11.8 Å². The van der Waals surface area contributed by atoms with Crippen LogP contribution in [0.2, 0.25) is 0 Å². The quantitative estimate of drug-likeness (QED) is 0.776. The summed E-state index contributed by atoms with van der Waals surface area (Å²) in [5.74, 6) is 0.151. The van der Waals surface area contributed by atoms with Crippen LogP contribution in [0.25, 0.3) is 0 Å². The molecule has 2 amide bonds. The fraction of sp³-hybridized carbons (Fsp3) is 0.857. The van der Waals surface area contributed by atoms with E-state index in [-0.39, 0.29) is 28.8 Å². The maximum absolute atomic E-state index is 11.7. The third-order valence-corrected chi connectivity index (χ3v) is 4.32. The van der Waals surface area contributed by atoms with Gasteiger partial charge in [-0.15, -0.1) is 0 Å². The third kappa shape index (κ3) is 2.67. The molecular formula is C14H24N2O3. The van der Waals surface area contributed by atoms with E-state index in [1.807, 2.05) is 27.7 Å². The highest BCUT2D eigenvalue weighted by atomic mass is 16.5. The zero-order chi connectivity index (χ0) is 14.4. The highest BCUT2D eigenvalue weighted by Gasteiger charge is 2.46. The molecule has 0 atom stereocenters. The van der Waals surface area contributed by atoms with Crippen molar-refractivity contribution >= 4 is 11.8 Å². The van der Waals surface area contributed by atoms with Crippen molar-refractivity contribution in [3.05, 3.63) is 0 Å². The summed E-state index contributed by atoms with van der Waals surface area (Å²) in [7, 11) is 0.